The molecule has 2 aromatic rings. The maximum absolute atomic E-state index is 12.7. The first-order chi connectivity index (χ1) is 7.67. The Kier molecular flexibility index (Phi) is 3.09. The number of methoxy groups -OCH3 is 1. The first-order valence-electron chi connectivity index (χ1n) is 4.57. The number of ether oxygens (including phenoxy) is 1. The van der Waals surface area contributed by atoms with Crippen molar-refractivity contribution in [2.45, 2.75) is 11.8 Å². The summed E-state index contributed by atoms with van der Waals surface area (Å²) in [4.78, 5) is 7.19. The summed E-state index contributed by atoms with van der Waals surface area (Å²) in [6, 6.07) is 2.93. The number of nitrogens with one attached hydrogen (secondary N) is 1. The van der Waals surface area contributed by atoms with Gasteiger partial charge >= 0.3 is 0 Å². The van der Waals surface area contributed by atoms with Crippen molar-refractivity contribution < 1.29 is 13.5 Å². The molecule has 0 radical (unpaired) electrons. The molecule has 6 heteroatoms. The summed E-state index contributed by atoms with van der Waals surface area (Å²) >= 11 is 3.25. The number of halogens is 3. The fourth-order valence-corrected chi connectivity index (χ4v) is 1.83. The molecule has 3 nitrogen and oxygen atoms in total. The quantitative estimate of drug-likeness (QED) is 0.880. The maximum Gasteiger partial charge on any atom is 0.267 e. The van der Waals surface area contributed by atoms with Gasteiger partial charge in [0.15, 0.2) is 5.75 Å². The summed E-state index contributed by atoms with van der Waals surface area (Å²) < 4.78 is 30.4. The number of alkyl halides is 3. The second-order valence-electron chi connectivity index (χ2n) is 3.20. The zero-order chi connectivity index (χ0) is 11.7. The average molecular weight is 291 g/mol. The molecule has 2 rings (SSSR count). The summed E-state index contributed by atoms with van der Waals surface area (Å²) in [7, 11) is 1.36. The molecule has 0 spiro atoms. The van der Waals surface area contributed by atoms with Crippen LogP contribution < -0.4 is 4.74 Å². The van der Waals surface area contributed by atoms with Crippen LogP contribution in [0.4, 0.5) is 8.78 Å². The third-order valence-corrected chi connectivity index (χ3v) is 2.78. The number of rotatable bonds is 3. The molecular weight excluding hydrogens is 282 g/mol. The highest BCUT2D eigenvalue weighted by molar-refractivity contribution is 9.08. The van der Waals surface area contributed by atoms with Crippen molar-refractivity contribution in [1.29, 1.82) is 0 Å². The van der Waals surface area contributed by atoms with Gasteiger partial charge in [-0.3, -0.25) is 0 Å². The molecule has 0 aliphatic carbocycles. The van der Waals surface area contributed by atoms with E-state index in [2.05, 4.69) is 25.9 Å². The summed E-state index contributed by atoms with van der Waals surface area (Å²) in [6.45, 7) is 0. The van der Waals surface area contributed by atoms with Crippen molar-refractivity contribution in [3.8, 4) is 5.75 Å². The van der Waals surface area contributed by atoms with Gasteiger partial charge < -0.3 is 9.72 Å². The molecule has 0 aliphatic rings. The number of H-pyrrole nitrogens is 1. The van der Waals surface area contributed by atoms with Gasteiger partial charge in [-0.15, -0.1) is 0 Å². The van der Waals surface area contributed by atoms with E-state index in [-0.39, 0.29) is 11.3 Å². The van der Waals surface area contributed by atoms with Gasteiger partial charge in [-0.05, 0) is 12.1 Å². The Labute approximate surface area is 98.9 Å². The molecule has 0 saturated carbocycles. The highest BCUT2D eigenvalue weighted by atomic mass is 79.9. The molecule has 1 aromatic heterocycles. The van der Waals surface area contributed by atoms with Crippen LogP contribution in [0.25, 0.3) is 11.0 Å². The van der Waals surface area contributed by atoms with Crippen LogP contribution in [0.5, 0.6) is 5.75 Å². The monoisotopic (exact) mass is 290 g/mol. The minimum atomic E-state index is -2.57. The predicted molar refractivity (Wildman–Crippen MR) is 60.2 cm³/mol. The number of fused-ring (bicyclic) bond motifs is 1. The molecule has 0 saturated heterocycles. The number of benzene rings is 1. The smallest absolute Gasteiger partial charge is 0.267 e. The van der Waals surface area contributed by atoms with Gasteiger partial charge in [0.25, 0.3) is 6.43 Å². The molecule has 0 aliphatic heterocycles. The summed E-state index contributed by atoms with van der Waals surface area (Å²) in [5.74, 6) is 0.815. The Balaban J connectivity index is 2.69. The van der Waals surface area contributed by atoms with Crippen molar-refractivity contribution in [2.24, 2.45) is 0 Å². The number of aromatic nitrogens is 2. The normalized spacial score (nSPS) is 11.3. The molecule has 0 amide bonds. The minimum Gasteiger partial charge on any atom is -0.494 e. The standard InChI is InChI=1S/C10H9BrF2N2O/c1-16-9-5(10(12)13)2-3-6-8(9)15-7(4-11)14-6/h2-3,10H,4H2,1H3,(H,14,15). The van der Waals surface area contributed by atoms with Crippen LogP contribution in [-0.4, -0.2) is 17.1 Å². The maximum atomic E-state index is 12.7. The fraction of sp³-hybridized carbons (Fsp3) is 0.300. The summed E-state index contributed by atoms with van der Waals surface area (Å²) in [5, 5.41) is 0.537. The van der Waals surface area contributed by atoms with E-state index in [1.54, 1.807) is 6.07 Å². The zero-order valence-corrected chi connectivity index (χ0v) is 10.0. The number of hydrogen-bond donors (Lipinski definition) is 1. The average Bonchev–Trinajstić information content (AvgIpc) is 2.69. The molecule has 16 heavy (non-hydrogen) atoms. The second kappa shape index (κ2) is 4.37. The SMILES string of the molecule is COc1c(C(F)F)ccc2[nH]c(CBr)nc12. The van der Waals surface area contributed by atoms with Crippen molar-refractivity contribution in [3.63, 3.8) is 0 Å². The molecule has 1 aromatic carbocycles. The summed E-state index contributed by atoms with van der Waals surface area (Å²) in [6.07, 6.45) is -2.57. The zero-order valence-electron chi connectivity index (χ0n) is 8.43. The van der Waals surface area contributed by atoms with Crippen LogP contribution in [0.1, 0.15) is 17.8 Å². The van der Waals surface area contributed by atoms with Gasteiger partial charge in [-0.25, -0.2) is 13.8 Å². The van der Waals surface area contributed by atoms with E-state index in [0.717, 1.165) is 0 Å². The summed E-state index contributed by atoms with van der Waals surface area (Å²) in [5.41, 5.74) is 0.994. The molecule has 1 N–H and O–H groups in total. The molecule has 1 heterocycles. The highest BCUT2D eigenvalue weighted by Crippen LogP contribution is 2.34. The minimum absolute atomic E-state index is 0.135. The third-order valence-electron chi connectivity index (χ3n) is 2.25. The predicted octanol–water partition coefficient (Wildman–Crippen LogP) is 3.40. The van der Waals surface area contributed by atoms with Crippen molar-refractivity contribution in [3.05, 3.63) is 23.5 Å². The lowest BCUT2D eigenvalue weighted by molar-refractivity contribution is 0.147. The van der Waals surface area contributed by atoms with Crippen LogP contribution in [0, 0.1) is 0 Å². The van der Waals surface area contributed by atoms with E-state index < -0.39 is 6.43 Å². The van der Waals surface area contributed by atoms with Gasteiger partial charge in [0.05, 0.1) is 23.5 Å². The van der Waals surface area contributed by atoms with Crippen LogP contribution in [0.15, 0.2) is 12.1 Å². The van der Waals surface area contributed by atoms with Crippen LogP contribution >= 0.6 is 15.9 Å². The number of imidazole rings is 1. The van der Waals surface area contributed by atoms with E-state index in [9.17, 15) is 8.78 Å². The number of hydrogen-bond acceptors (Lipinski definition) is 2. The van der Waals surface area contributed by atoms with E-state index in [0.29, 0.717) is 22.2 Å². The Hall–Kier alpha value is -1.17. The van der Waals surface area contributed by atoms with E-state index in [4.69, 9.17) is 4.74 Å². The highest BCUT2D eigenvalue weighted by Gasteiger charge is 2.18. The molecule has 0 atom stereocenters. The fourth-order valence-electron chi connectivity index (χ4n) is 1.57. The Morgan fingerprint density at radius 2 is 2.25 bits per heavy atom. The van der Waals surface area contributed by atoms with Gasteiger partial charge in [0.1, 0.15) is 11.3 Å². The van der Waals surface area contributed by atoms with Crippen molar-refractivity contribution >= 4 is 27.0 Å². The van der Waals surface area contributed by atoms with Gasteiger partial charge in [0, 0.05) is 0 Å². The van der Waals surface area contributed by atoms with Gasteiger partial charge in [-0.1, -0.05) is 15.9 Å². The number of nitrogens with zero attached hydrogens (tertiary/aromatic N) is 1. The second-order valence-corrected chi connectivity index (χ2v) is 3.76. The van der Waals surface area contributed by atoms with Crippen LogP contribution in [0.2, 0.25) is 0 Å². The lowest BCUT2D eigenvalue weighted by atomic mass is 10.2. The van der Waals surface area contributed by atoms with E-state index in [1.165, 1.54) is 13.2 Å². The molecule has 0 unspecified atom stereocenters. The topological polar surface area (TPSA) is 37.9 Å². The third kappa shape index (κ3) is 1.77. The van der Waals surface area contributed by atoms with Gasteiger partial charge in [-0.2, -0.15) is 0 Å². The van der Waals surface area contributed by atoms with Gasteiger partial charge in [0.2, 0.25) is 0 Å². The molecule has 86 valence electrons. The number of aromatic amines is 1. The van der Waals surface area contributed by atoms with E-state index >= 15 is 0 Å². The first-order valence-corrected chi connectivity index (χ1v) is 5.69. The Bertz CT molecular complexity index is 513. The van der Waals surface area contributed by atoms with Crippen molar-refractivity contribution in [1.82, 2.24) is 9.97 Å². The first kappa shape index (κ1) is 11.3. The van der Waals surface area contributed by atoms with E-state index in [1.807, 2.05) is 0 Å². The Morgan fingerprint density at radius 3 is 2.81 bits per heavy atom. The van der Waals surface area contributed by atoms with Crippen LogP contribution in [0.3, 0.4) is 0 Å². The largest absolute Gasteiger partial charge is 0.494 e. The lowest BCUT2D eigenvalue weighted by Crippen LogP contribution is -1.93. The van der Waals surface area contributed by atoms with Crippen molar-refractivity contribution in [2.75, 3.05) is 7.11 Å². The van der Waals surface area contributed by atoms with Crippen LogP contribution in [-0.2, 0) is 5.33 Å². The molecule has 0 fully saturated rings. The Morgan fingerprint density at radius 1 is 1.50 bits per heavy atom. The molecular formula is C10H9BrF2N2O. The molecule has 0 bridgehead atoms. The lowest BCUT2D eigenvalue weighted by Gasteiger charge is -2.07.